The Bertz CT molecular complexity index is 790. The lowest BCUT2D eigenvalue weighted by atomic mass is 10.0. The largest absolute Gasteiger partial charge is 0.494 e. The molecule has 0 radical (unpaired) electrons. The lowest BCUT2D eigenvalue weighted by Crippen LogP contribution is -2.41. The van der Waals surface area contributed by atoms with E-state index < -0.39 is 12.1 Å². The standard InChI is InChI=1S/C26H45N5O3S/c1-2-19-17-21(14-13-20(19)18-35)34-16-8-11-24(32)22(27)9-6-7-15-31-26(33)23(28)10-4-3-5-12-25(29)30/h13-14,17,22-23,35H,2-12,15-16,18,27-28H2,1H3,(H3,29,30)(H,31,33)/t22-,23-/m0/s1. The Kier molecular flexibility index (Phi) is 16.1. The minimum Gasteiger partial charge on any atom is -0.494 e. The van der Waals surface area contributed by atoms with Crippen molar-refractivity contribution in [2.45, 2.75) is 95.4 Å². The highest BCUT2D eigenvalue weighted by Crippen LogP contribution is 2.20. The minimum atomic E-state index is -0.520. The van der Waals surface area contributed by atoms with Crippen LogP contribution in [0.15, 0.2) is 18.2 Å². The van der Waals surface area contributed by atoms with E-state index in [2.05, 4.69) is 24.9 Å². The summed E-state index contributed by atoms with van der Waals surface area (Å²) >= 11 is 4.35. The number of carbonyl (C=O) groups excluding carboxylic acids is 2. The molecule has 0 aliphatic rings. The number of nitrogens with one attached hydrogen (secondary N) is 2. The van der Waals surface area contributed by atoms with Gasteiger partial charge in [-0.1, -0.05) is 25.8 Å². The molecule has 198 valence electrons. The quantitative estimate of drug-likeness (QED) is 0.0688. The third-order valence-corrected chi connectivity index (χ3v) is 6.36. The van der Waals surface area contributed by atoms with Crippen LogP contribution < -0.4 is 27.3 Å². The lowest BCUT2D eigenvalue weighted by molar-refractivity contribution is -0.122. The lowest BCUT2D eigenvalue weighted by Gasteiger charge is -2.13. The average molecular weight is 508 g/mol. The molecule has 0 aromatic heterocycles. The number of nitrogens with two attached hydrogens (primary N) is 3. The van der Waals surface area contributed by atoms with Crippen LogP contribution in [0.2, 0.25) is 0 Å². The molecule has 1 aromatic carbocycles. The predicted octanol–water partition coefficient (Wildman–Crippen LogP) is 3.23. The molecule has 35 heavy (non-hydrogen) atoms. The summed E-state index contributed by atoms with van der Waals surface area (Å²) in [5, 5.41) is 10.0. The van der Waals surface area contributed by atoms with E-state index in [1.165, 1.54) is 11.1 Å². The molecule has 1 aromatic rings. The summed E-state index contributed by atoms with van der Waals surface area (Å²) in [6.07, 6.45) is 7.87. The Hall–Kier alpha value is -2.10. The second-order valence-electron chi connectivity index (χ2n) is 8.98. The fraction of sp³-hybridized carbons (Fsp3) is 0.654. The number of amidine groups is 1. The zero-order valence-electron chi connectivity index (χ0n) is 21.2. The molecule has 0 fully saturated rings. The zero-order chi connectivity index (χ0) is 26.1. The summed E-state index contributed by atoms with van der Waals surface area (Å²) < 4.78 is 5.80. The molecule has 8 N–H and O–H groups in total. The number of Topliss-reactive ketones (excluding diaryl/α,β-unsaturated/α-hetero) is 1. The normalized spacial score (nSPS) is 12.7. The Morgan fingerprint density at radius 3 is 2.40 bits per heavy atom. The summed E-state index contributed by atoms with van der Waals surface area (Å²) in [5.41, 5.74) is 19.7. The number of ketones is 1. The van der Waals surface area contributed by atoms with Crippen LogP contribution in [0.3, 0.4) is 0 Å². The smallest absolute Gasteiger partial charge is 0.236 e. The van der Waals surface area contributed by atoms with Crippen molar-refractivity contribution in [3.8, 4) is 5.75 Å². The van der Waals surface area contributed by atoms with E-state index >= 15 is 0 Å². The molecule has 0 saturated heterocycles. The Balaban J connectivity index is 2.11. The summed E-state index contributed by atoms with van der Waals surface area (Å²) in [7, 11) is 0. The molecule has 0 saturated carbocycles. The van der Waals surface area contributed by atoms with Gasteiger partial charge in [-0.25, -0.2) is 0 Å². The zero-order valence-corrected chi connectivity index (χ0v) is 22.1. The number of unbranched alkanes of at least 4 members (excludes halogenated alkanes) is 3. The van der Waals surface area contributed by atoms with Gasteiger partial charge in [-0.3, -0.25) is 15.0 Å². The molecule has 0 bridgehead atoms. The SMILES string of the molecule is CCc1cc(OCCCC(=O)[C@@H](N)CCCCNC(=O)[C@@H](N)CCCCCC(=N)N)ccc1CS. The van der Waals surface area contributed by atoms with Gasteiger partial charge < -0.3 is 27.3 Å². The molecule has 1 rings (SSSR count). The van der Waals surface area contributed by atoms with Crippen LogP contribution in [0, 0.1) is 5.41 Å². The van der Waals surface area contributed by atoms with E-state index in [1.54, 1.807) is 0 Å². The predicted molar refractivity (Wildman–Crippen MR) is 146 cm³/mol. The summed E-state index contributed by atoms with van der Waals surface area (Å²) in [6.45, 7) is 3.11. The number of amides is 1. The fourth-order valence-corrected chi connectivity index (χ4v) is 4.09. The minimum absolute atomic E-state index is 0.0455. The van der Waals surface area contributed by atoms with Crippen LogP contribution in [0.4, 0.5) is 0 Å². The van der Waals surface area contributed by atoms with Crippen molar-refractivity contribution < 1.29 is 14.3 Å². The first-order valence-electron chi connectivity index (χ1n) is 12.8. The van der Waals surface area contributed by atoms with Gasteiger partial charge in [0, 0.05) is 25.1 Å². The van der Waals surface area contributed by atoms with Crippen molar-refractivity contribution in [1.82, 2.24) is 5.32 Å². The molecule has 0 unspecified atom stereocenters. The van der Waals surface area contributed by atoms with Gasteiger partial charge in [-0.2, -0.15) is 12.6 Å². The Morgan fingerprint density at radius 2 is 1.71 bits per heavy atom. The molecule has 1 amide bonds. The van der Waals surface area contributed by atoms with Crippen molar-refractivity contribution in [3.05, 3.63) is 29.3 Å². The van der Waals surface area contributed by atoms with Gasteiger partial charge in [-0.05, 0) is 68.2 Å². The Morgan fingerprint density at radius 1 is 1.00 bits per heavy atom. The van der Waals surface area contributed by atoms with Crippen LogP contribution in [0.25, 0.3) is 0 Å². The summed E-state index contributed by atoms with van der Waals surface area (Å²) in [5.74, 6) is 1.62. The van der Waals surface area contributed by atoms with Crippen LogP contribution in [0.1, 0.15) is 82.3 Å². The van der Waals surface area contributed by atoms with E-state index in [4.69, 9.17) is 27.3 Å². The third kappa shape index (κ3) is 13.5. The number of hydrogen-bond donors (Lipinski definition) is 6. The van der Waals surface area contributed by atoms with Gasteiger partial charge in [0.2, 0.25) is 5.91 Å². The molecule has 0 aliphatic heterocycles. The Labute approximate surface area is 216 Å². The molecule has 0 heterocycles. The summed E-state index contributed by atoms with van der Waals surface area (Å²) in [6, 6.07) is 5.02. The molecule has 0 spiro atoms. The molecule has 9 heteroatoms. The van der Waals surface area contributed by atoms with Gasteiger partial charge in [-0.15, -0.1) is 0 Å². The molecular formula is C26H45N5O3S. The maximum absolute atomic E-state index is 12.3. The highest BCUT2D eigenvalue weighted by molar-refractivity contribution is 7.79. The highest BCUT2D eigenvalue weighted by atomic mass is 32.1. The second-order valence-corrected chi connectivity index (χ2v) is 9.30. The van der Waals surface area contributed by atoms with E-state index in [9.17, 15) is 9.59 Å². The molecule has 0 aliphatic carbocycles. The topological polar surface area (TPSA) is 157 Å². The number of thiol groups is 1. The van der Waals surface area contributed by atoms with E-state index in [0.717, 1.165) is 44.3 Å². The molecule has 2 atom stereocenters. The van der Waals surface area contributed by atoms with E-state index in [0.29, 0.717) is 51.0 Å². The van der Waals surface area contributed by atoms with Crippen LogP contribution in [0.5, 0.6) is 5.75 Å². The maximum Gasteiger partial charge on any atom is 0.236 e. The van der Waals surface area contributed by atoms with E-state index in [1.807, 2.05) is 18.2 Å². The fourth-order valence-electron chi connectivity index (χ4n) is 3.78. The molecular weight excluding hydrogens is 462 g/mol. The van der Waals surface area contributed by atoms with Crippen LogP contribution in [-0.2, 0) is 21.8 Å². The summed E-state index contributed by atoms with van der Waals surface area (Å²) in [4.78, 5) is 24.3. The number of ether oxygens (including phenoxy) is 1. The van der Waals surface area contributed by atoms with Gasteiger partial charge in [0.15, 0.2) is 0 Å². The first-order valence-corrected chi connectivity index (χ1v) is 13.4. The number of rotatable bonds is 20. The average Bonchev–Trinajstić information content (AvgIpc) is 2.85. The van der Waals surface area contributed by atoms with Crippen molar-refractivity contribution in [2.24, 2.45) is 17.2 Å². The van der Waals surface area contributed by atoms with Crippen LogP contribution >= 0.6 is 12.6 Å². The number of aryl methyl sites for hydroxylation is 1. The number of benzene rings is 1. The van der Waals surface area contributed by atoms with Crippen molar-refractivity contribution in [1.29, 1.82) is 5.41 Å². The van der Waals surface area contributed by atoms with Crippen molar-refractivity contribution in [2.75, 3.05) is 13.2 Å². The highest BCUT2D eigenvalue weighted by Gasteiger charge is 2.14. The first kappa shape index (κ1) is 30.9. The van der Waals surface area contributed by atoms with Gasteiger partial charge in [0.25, 0.3) is 0 Å². The maximum atomic E-state index is 12.3. The third-order valence-electron chi connectivity index (χ3n) is 6.02. The second kappa shape index (κ2) is 18.2. The van der Waals surface area contributed by atoms with E-state index in [-0.39, 0.29) is 17.5 Å². The van der Waals surface area contributed by atoms with Crippen molar-refractivity contribution in [3.63, 3.8) is 0 Å². The van der Waals surface area contributed by atoms with Gasteiger partial charge >= 0.3 is 0 Å². The number of carbonyl (C=O) groups is 2. The monoisotopic (exact) mass is 507 g/mol. The molecule has 8 nitrogen and oxygen atoms in total. The van der Waals surface area contributed by atoms with Gasteiger partial charge in [0.1, 0.15) is 11.5 Å². The first-order chi connectivity index (χ1) is 16.8. The number of hydrogen-bond acceptors (Lipinski definition) is 7. The van der Waals surface area contributed by atoms with Gasteiger partial charge in [0.05, 0.1) is 24.5 Å². The van der Waals surface area contributed by atoms with Crippen LogP contribution in [-0.4, -0.2) is 42.8 Å². The van der Waals surface area contributed by atoms with Crippen molar-refractivity contribution >= 4 is 30.2 Å².